The lowest BCUT2D eigenvalue weighted by Gasteiger charge is -2.41. The van der Waals surface area contributed by atoms with Crippen LogP contribution in [0.5, 0.6) is 0 Å². The van der Waals surface area contributed by atoms with Crippen LogP contribution in [0.2, 0.25) is 18.1 Å². The first-order valence-corrected chi connectivity index (χ1v) is 19.0. The molecule has 0 amide bonds. The van der Waals surface area contributed by atoms with E-state index in [1.54, 1.807) is 0 Å². The van der Waals surface area contributed by atoms with E-state index in [-0.39, 0.29) is 11.6 Å². The molecule has 0 spiro atoms. The third-order valence-electron chi connectivity index (χ3n) is 7.60. The predicted octanol–water partition coefficient (Wildman–Crippen LogP) is 7.24. The summed E-state index contributed by atoms with van der Waals surface area (Å²) in [5.41, 5.74) is -3.98. The molecule has 236 valence electrons. The Morgan fingerprint density at radius 2 is 1.51 bits per heavy atom. The maximum absolute atomic E-state index is 17.0. The van der Waals surface area contributed by atoms with Gasteiger partial charge in [0.15, 0.2) is 25.5 Å². The van der Waals surface area contributed by atoms with Crippen LogP contribution in [0.3, 0.4) is 0 Å². The van der Waals surface area contributed by atoms with E-state index in [2.05, 4.69) is 30.5 Å². The highest BCUT2D eigenvalue weighted by molar-refractivity contribution is 7.92. The van der Waals surface area contributed by atoms with Gasteiger partial charge in [-0.2, -0.15) is 8.78 Å². The third-order valence-corrected chi connectivity index (χ3v) is 15.6. The number of halogens is 4. The molecular formula is C30H38F4N2O4S2Si. The van der Waals surface area contributed by atoms with Crippen molar-refractivity contribution in [3.05, 3.63) is 95.3 Å². The van der Waals surface area contributed by atoms with Gasteiger partial charge in [0.1, 0.15) is 0 Å². The Balaban J connectivity index is 2.34. The number of nitrogens with one attached hydrogen (secondary N) is 1. The quantitative estimate of drug-likeness (QED) is 0.183. The third kappa shape index (κ3) is 6.80. The summed E-state index contributed by atoms with van der Waals surface area (Å²) in [6.07, 6.45) is 1.25. The Labute approximate surface area is 254 Å². The zero-order valence-electron chi connectivity index (χ0n) is 25.5. The van der Waals surface area contributed by atoms with Gasteiger partial charge in [-0.3, -0.25) is 4.98 Å². The van der Waals surface area contributed by atoms with Crippen LogP contribution in [0.1, 0.15) is 58.4 Å². The van der Waals surface area contributed by atoms with Crippen LogP contribution in [-0.2, 0) is 37.4 Å². The molecule has 0 aliphatic heterocycles. The molecule has 0 aliphatic rings. The second-order valence-corrected chi connectivity index (χ2v) is 21.6. The molecule has 0 fully saturated rings. The molecule has 3 rings (SSSR count). The molecule has 1 aromatic heterocycles. The number of rotatable bonds is 10. The minimum absolute atomic E-state index is 0.100. The lowest BCUT2D eigenvalue weighted by Crippen LogP contribution is -2.62. The van der Waals surface area contributed by atoms with Crippen LogP contribution >= 0.6 is 0 Å². The molecule has 0 saturated heterocycles. The summed E-state index contributed by atoms with van der Waals surface area (Å²) in [5.74, 6) is -2.84. The summed E-state index contributed by atoms with van der Waals surface area (Å²) in [4.78, 5) is 3.50. The topological polar surface area (TPSA) is 85.4 Å². The van der Waals surface area contributed by atoms with Gasteiger partial charge >= 0.3 is 5.25 Å². The molecule has 43 heavy (non-hydrogen) atoms. The van der Waals surface area contributed by atoms with E-state index in [0.29, 0.717) is 17.7 Å². The van der Waals surface area contributed by atoms with Crippen LogP contribution in [0, 0.1) is 11.6 Å². The van der Waals surface area contributed by atoms with Gasteiger partial charge < -0.3 is 4.43 Å². The van der Waals surface area contributed by atoms with Gasteiger partial charge in [-0.05, 0) is 80.4 Å². The molecule has 0 aliphatic carbocycles. The molecule has 0 radical (unpaired) electrons. The van der Waals surface area contributed by atoms with Crippen molar-refractivity contribution in [3.8, 4) is 0 Å². The Morgan fingerprint density at radius 3 is 2.00 bits per heavy atom. The number of benzene rings is 2. The molecule has 0 unspecified atom stereocenters. The number of pyridine rings is 1. The summed E-state index contributed by atoms with van der Waals surface area (Å²) in [7, 11) is -10.1. The summed E-state index contributed by atoms with van der Waals surface area (Å²) in [6.45, 7) is 14.9. The molecule has 6 nitrogen and oxygen atoms in total. The summed E-state index contributed by atoms with van der Waals surface area (Å²) >= 11 is 0. The van der Waals surface area contributed by atoms with E-state index in [4.69, 9.17) is 4.43 Å². The standard InChI is InChI=1S/C30H38F4N2O4S2Si/c1-27(2,3)41(37)36-29(22-15-16-24(31)25(32)18-22,30(33,34)42(38,39)23-12-10-9-11-13-23)26-17-14-21(19-35-26)20-40-43(7,8)28(4,5)6/h9-19,36H,20H2,1-8H3/t29-,41+/m0/s1. The first-order chi connectivity index (χ1) is 19.6. The molecule has 1 heterocycles. The minimum atomic E-state index is -5.57. The Morgan fingerprint density at radius 1 is 0.907 bits per heavy atom. The van der Waals surface area contributed by atoms with Crippen LogP contribution in [-0.4, -0.2) is 35.9 Å². The maximum atomic E-state index is 17.0. The van der Waals surface area contributed by atoms with Crippen LogP contribution in [0.25, 0.3) is 0 Å². The van der Waals surface area contributed by atoms with Crippen molar-refractivity contribution >= 4 is 29.1 Å². The van der Waals surface area contributed by atoms with Crippen LogP contribution < -0.4 is 4.72 Å². The van der Waals surface area contributed by atoms with Crippen molar-refractivity contribution in [2.24, 2.45) is 0 Å². The highest BCUT2D eigenvalue weighted by atomic mass is 32.2. The zero-order valence-corrected chi connectivity index (χ0v) is 28.1. The number of aromatic nitrogens is 1. The van der Waals surface area contributed by atoms with Crippen molar-refractivity contribution in [1.82, 2.24) is 9.71 Å². The van der Waals surface area contributed by atoms with Crippen molar-refractivity contribution in [2.75, 3.05) is 0 Å². The van der Waals surface area contributed by atoms with Gasteiger partial charge in [0.2, 0.25) is 9.84 Å². The van der Waals surface area contributed by atoms with Crippen molar-refractivity contribution in [1.29, 1.82) is 0 Å². The normalized spacial score (nSPS) is 15.6. The lowest BCUT2D eigenvalue weighted by atomic mass is 9.86. The largest absolute Gasteiger partial charge is 0.413 e. The van der Waals surface area contributed by atoms with Gasteiger partial charge in [-0.25, -0.2) is 26.1 Å². The number of nitrogens with zero attached hydrogens (tertiary/aromatic N) is 1. The van der Waals surface area contributed by atoms with Gasteiger partial charge in [0, 0.05) is 6.20 Å². The van der Waals surface area contributed by atoms with E-state index in [1.165, 1.54) is 51.2 Å². The fraction of sp³-hybridized carbons (Fsp3) is 0.433. The van der Waals surface area contributed by atoms with E-state index in [9.17, 15) is 21.4 Å². The smallest absolute Gasteiger partial charge is 0.378 e. The molecule has 2 aromatic carbocycles. The summed E-state index contributed by atoms with van der Waals surface area (Å²) in [5, 5.41) is -4.93. The number of hydrogen-bond acceptors (Lipinski definition) is 5. The monoisotopic (exact) mass is 658 g/mol. The van der Waals surface area contributed by atoms with Crippen molar-refractivity contribution < 1.29 is 34.6 Å². The fourth-order valence-corrected chi connectivity index (χ4v) is 7.27. The number of hydrogen-bond donors (Lipinski definition) is 1. The summed E-state index contributed by atoms with van der Waals surface area (Å²) in [6, 6.07) is 10.5. The zero-order chi connectivity index (χ0) is 32.6. The van der Waals surface area contributed by atoms with Gasteiger partial charge in [0.25, 0.3) is 0 Å². The average molecular weight is 659 g/mol. The highest BCUT2D eigenvalue weighted by Gasteiger charge is 2.67. The van der Waals surface area contributed by atoms with Crippen molar-refractivity contribution in [2.45, 2.75) is 86.7 Å². The average Bonchev–Trinajstić information content (AvgIpc) is 2.91. The van der Waals surface area contributed by atoms with E-state index < -0.39 is 72.5 Å². The van der Waals surface area contributed by atoms with E-state index in [0.717, 1.165) is 24.3 Å². The molecule has 0 saturated carbocycles. The van der Waals surface area contributed by atoms with Crippen molar-refractivity contribution in [3.63, 3.8) is 0 Å². The molecule has 1 N–H and O–H groups in total. The Kier molecular flexibility index (Phi) is 9.90. The minimum Gasteiger partial charge on any atom is -0.413 e. The van der Waals surface area contributed by atoms with Crippen LogP contribution in [0.15, 0.2) is 71.8 Å². The van der Waals surface area contributed by atoms with E-state index in [1.807, 2.05) is 13.1 Å². The number of alkyl halides is 2. The van der Waals surface area contributed by atoms with Gasteiger partial charge in [-0.15, -0.1) is 0 Å². The van der Waals surface area contributed by atoms with Crippen LogP contribution in [0.4, 0.5) is 17.6 Å². The Bertz CT molecular complexity index is 1570. The van der Waals surface area contributed by atoms with Gasteiger partial charge in [0.05, 0.1) is 32.9 Å². The highest BCUT2D eigenvalue weighted by Crippen LogP contribution is 2.49. The second kappa shape index (κ2) is 12.1. The fourth-order valence-electron chi connectivity index (χ4n) is 3.82. The Hall–Kier alpha value is -2.45. The second-order valence-electron chi connectivity index (χ2n) is 12.8. The summed E-state index contributed by atoms with van der Waals surface area (Å²) < 4.78 is 111. The SMILES string of the molecule is CC(C)(C)[S@@](=O)N[C@@](c1ccc(F)c(F)c1)(c1ccc(CO[Si](C)(C)C(C)(C)C)cn1)C(F)(F)S(=O)(=O)c1ccccc1. The molecule has 3 aromatic rings. The first-order valence-electron chi connectivity index (χ1n) is 13.5. The predicted molar refractivity (Wildman–Crippen MR) is 163 cm³/mol. The molecule has 2 atom stereocenters. The van der Waals surface area contributed by atoms with Gasteiger partial charge in [-0.1, -0.05) is 51.1 Å². The lowest BCUT2D eigenvalue weighted by molar-refractivity contribution is 0.0129. The first kappa shape index (κ1) is 35.0. The van der Waals surface area contributed by atoms with E-state index >= 15 is 8.78 Å². The molecule has 0 bridgehead atoms. The molecule has 13 heteroatoms. The molecular weight excluding hydrogens is 621 g/mol. The maximum Gasteiger partial charge on any atom is 0.378 e. The number of sulfone groups is 1.